The summed E-state index contributed by atoms with van der Waals surface area (Å²) in [7, 11) is 0. The van der Waals surface area contributed by atoms with Crippen LogP contribution in [0.15, 0.2) is 0 Å². The SMILES string of the molecule is CC(C)NCCCCCOCCN1CCCCC1. The fourth-order valence-corrected chi connectivity index (χ4v) is 2.38. The molecular weight excluding hydrogens is 224 g/mol. The molecule has 0 saturated carbocycles. The smallest absolute Gasteiger partial charge is 0.0593 e. The number of rotatable bonds is 10. The lowest BCUT2D eigenvalue weighted by molar-refractivity contribution is 0.0938. The lowest BCUT2D eigenvalue weighted by atomic mass is 10.1. The average molecular weight is 256 g/mol. The van der Waals surface area contributed by atoms with Crippen LogP contribution >= 0.6 is 0 Å². The molecule has 18 heavy (non-hydrogen) atoms. The van der Waals surface area contributed by atoms with Crippen molar-refractivity contribution in [3.05, 3.63) is 0 Å². The van der Waals surface area contributed by atoms with Gasteiger partial charge in [-0.2, -0.15) is 0 Å². The van der Waals surface area contributed by atoms with Gasteiger partial charge in [-0.15, -0.1) is 0 Å². The molecule has 0 radical (unpaired) electrons. The molecule has 0 aromatic rings. The molecule has 1 saturated heterocycles. The molecule has 0 unspecified atom stereocenters. The van der Waals surface area contributed by atoms with Crippen molar-refractivity contribution in [2.24, 2.45) is 0 Å². The zero-order chi connectivity index (χ0) is 13.1. The van der Waals surface area contributed by atoms with Gasteiger partial charge in [0.25, 0.3) is 0 Å². The highest BCUT2D eigenvalue weighted by Gasteiger charge is 2.08. The maximum absolute atomic E-state index is 5.70. The van der Waals surface area contributed by atoms with E-state index < -0.39 is 0 Å². The van der Waals surface area contributed by atoms with Gasteiger partial charge in [0.2, 0.25) is 0 Å². The molecule has 3 heteroatoms. The van der Waals surface area contributed by atoms with E-state index in [4.69, 9.17) is 4.74 Å². The monoisotopic (exact) mass is 256 g/mol. The van der Waals surface area contributed by atoms with Crippen LogP contribution in [0.1, 0.15) is 52.4 Å². The van der Waals surface area contributed by atoms with Crippen molar-refractivity contribution >= 4 is 0 Å². The lowest BCUT2D eigenvalue weighted by Crippen LogP contribution is -2.32. The van der Waals surface area contributed by atoms with Gasteiger partial charge < -0.3 is 15.0 Å². The molecule has 1 aliphatic rings. The Bertz CT molecular complexity index is 179. The Morgan fingerprint density at radius 2 is 1.78 bits per heavy atom. The van der Waals surface area contributed by atoms with Gasteiger partial charge in [-0.05, 0) is 51.7 Å². The standard InChI is InChI=1S/C15H32N2O/c1-15(2)16-9-5-3-8-13-18-14-12-17-10-6-4-7-11-17/h15-16H,3-14H2,1-2H3. The van der Waals surface area contributed by atoms with E-state index in [1.807, 2.05) is 0 Å². The Labute approximate surface area is 113 Å². The van der Waals surface area contributed by atoms with E-state index >= 15 is 0 Å². The van der Waals surface area contributed by atoms with E-state index in [2.05, 4.69) is 24.1 Å². The van der Waals surface area contributed by atoms with E-state index in [9.17, 15) is 0 Å². The van der Waals surface area contributed by atoms with E-state index in [1.165, 1.54) is 51.6 Å². The Kier molecular flexibility index (Phi) is 9.54. The first-order valence-electron chi connectivity index (χ1n) is 7.82. The number of piperidine rings is 1. The summed E-state index contributed by atoms with van der Waals surface area (Å²) in [6, 6.07) is 0.616. The number of nitrogens with one attached hydrogen (secondary N) is 1. The van der Waals surface area contributed by atoms with Crippen LogP contribution in [0.3, 0.4) is 0 Å². The highest BCUT2D eigenvalue weighted by molar-refractivity contribution is 4.63. The first-order valence-corrected chi connectivity index (χ1v) is 7.82. The van der Waals surface area contributed by atoms with Gasteiger partial charge in [-0.3, -0.25) is 0 Å². The number of unbranched alkanes of at least 4 members (excludes halogenated alkanes) is 2. The highest BCUT2D eigenvalue weighted by atomic mass is 16.5. The molecule has 1 heterocycles. The van der Waals surface area contributed by atoms with Crippen LogP contribution in [0.25, 0.3) is 0 Å². The molecule has 1 aliphatic heterocycles. The summed E-state index contributed by atoms with van der Waals surface area (Å²) in [5, 5.41) is 3.44. The van der Waals surface area contributed by atoms with Crippen molar-refractivity contribution < 1.29 is 4.74 Å². The lowest BCUT2D eigenvalue weighted by Gasteiger charge is -2.26. The zero-order valence-corrected chi connectivity index (χ0v) is 12.4. The maximum atomic E-state index is 5.70. The molecule has 3 nitrogen and oxygen atoms in total. The Hall–Kier alpha value is -0.120. The number of nitrogens with zero attached hydrogens (tertiary/aromatic N) is 1. The molecule has 1 rings (SSSR count). The van der Waals surface area contributed by atoms with Gasteiger partial charge in [0.1, 0.15) is 0 Å². The van der Waals surface area contributed by atoms with Crippen LogP contribution in [0.5, 0.6) is 0 Å². The predicted molar refractivity (Wildman–Crippen MR) is 78.1 cm³/mol. The summed E-state index contributed by atoms with van der Waals surface area (Å²) in [6.07, 6.45) is 7.93. The molecule has 0 amide bonds. The van der Waals surface area contributed by atoms with Crippen molar-refractivity contribution in [2.45, 2.75) is 58.4 Å². The topological polar surface area (TPSA) is 24.5 Å². The zero-order valence-electron chi connectivity index (χ0n) is 12.4. The third-order valence-electron chi connectivity index (χ3n) is 3.52. The minimum absolute atomic E-state index is 0.616. The molecule has 0 aliphatic carbocycles. The molecular formula is C15H32N2O. The molecule has 108 valence electrons. The van der Waals surface area contributed by atoms with Gasteiger partial charge in [0, 0.05) is 19.2 Å². The molecule has 0 bridgehead atoms. The van der Waals surface area contributed by atoms with Crippen LogP contribution in [0, 0.1) is 0 Å². The van der Waals surface area contributed by atoms with Crippen LogP contribution in [-0.2, 0) is 4.74 Å². The van der Waals surface area contributed by atoms with Gasteiger partial charge >= 0.3 is 0 Å². The first kappa shape index (κ1) is 15.9. The number of likely N-dealkylation sites (tertiary alicyclic amines) is 1. The van der Waals surface area contributed by atoms with Gasteiger partial charge in [0.15, 0.2) is 0 Å². The third-order valence-corrected chi connectivity index (χ3v) is 3.52. The second-order valence-electron chi connectivity index (χ2n) is 5.68. The Morgan fingerprint density at radius 1 is 1.00 bits per heavy atom. The molecule has 0 aromatic heterocycles. The normalized spacial score (nSPS) is 17.5. The molecule has 0 aromatic carbocycles. The number of ether oxygens (including phenoxy) is 1. The van der Waals surface area contributed by atoms with Crippen molar-refractivity contribution in [3.8, 4) is 0 Å². The second kappa shape index (κ2) is 10.8. The molecule has 1 fully saturated rings. The van der Waals surface area contributed by atoms with Crippen LogP contribution < -0.4 is 5.32 Å². The van der Waals surface area contributed by atoms with Crippen molar-refractivity contribution in [1.29, 1.82) is 0 Å². The largest absolute Gasteiger partial charge is 0.380 e. The summed E-state index contributed by atoms with van der Waals surface area (Å²) in [4.78, 5) is 2.54. The van der Waals surface area contributed by atoms with Crippen LogP contribution in [0.4, 0.5) is 0 Å². The fourth-order valence-electron chi connectivity index (χ4n) is 2.38. The van der Waals surface area contributed by atoms with E-state index in [1.54, 1.807) is 0 Å². The minimum atomic E-state index is 0.616. The quantitative estimate of drug-likeness (QED) is 0.608. The Morgan fingerprint density at radius 3 is 2.50 bits per heavy atom. The minimum Gasteiger partial charge on any atom is -0.380 e. The maximum Gasteiger partial charge on any atom is 0.0593 e. The predicted octanol–water partition coefficient (Wildman–Crippen LogP) is 2.66. The summed E-state index contributed by atoms with van der Waals surface area (Å²) in [6.45, 7) is 11.1. The van der Waals surface area contributed by atoms with Gasteiger partial charge in [0.05, 0.1) is 6.61 Å². The van der Waals surface area contributed by atoms with Crippen molar-refractivity contribution in [1.82, 2.24) is 10.2 Å². The molecule has 0 atom stereocenters. The average Bonchev–Trinajstić information content (AvgIpc) is 2.37. The first-order chi connectivity index (χ1) is 8.79. The fraction of sp³-hybridized carbons (Fsp3) is 1.00. The van der Waals surface area contributed by atoms with E-state index in [0.717, 1.165) is 26.3 Å². The van der Waals surface area contributed by atoms with Gasteiger partial charge in [-0.25, -0.2) is 0 Å². The molecule has 1 N–H and O–H groups in total. The summed E-state index contributed by atoms with van der Waals surface area (Å²) in [5.41, 5.74) is 0. The van der Waals surface area contributed by atoms with Crippen molar-refractivity contribution in [3.63, 3.8) is 0 Å². The summed E-state index contributed by atoms with van der Waals surface area (Å²) >= 11 is 0. The van der Waals surface area contributed by atoms with Crippen LogP contribution in [-0.4, -0.2) is 50.3 Å². The number of hydrogen-bond donors (Lipinski definition) is 1. The highest BCUT2D eigenvalue weighted by Crippen LogP contribution is 2.07. The molecule has 0 spiro atoms. The summed E-state index contributed by atoms with van der Waals surface area (Å²) in [5.74, 6) is 0. The number of hydrogen-bond acceptors (Lipinski definition) is 3. The summed E-state index contributed by atoms with van der Waals surface area (Å²) < 4.78 is 5.70. The third kappa shape index (κ3) is 8.90. The van der Waals surface area contributed by atoms with Gasteiger partial charge in [-0.1, -0.05) is 20.3 Å². The Balaban J connectivity index is 1.75. The van der Waals surface area contributed by atoms with E-state index in [0.29, 0.717) is 6.04 Å². The van der Waals surface area contributed by atoms with Crippen LogP contribution in [0.2, 0.25) is 0 Å². The second-order valence-corrected chi connectivity index (χ2v) is 5.68. The van der Waals surface area contributed by atoms with E-state index in [-0.39, 0.29) is 0 Å². The van der Waals surface area contributed by atoms with Crippen molar-refractivity contribution in [2.75, 3.05) is 39.4 Å².